The fraction of sp³-hybridized carbons (Fsp3) is 0.500. The van der Waals surface area contributed by atoms with Crippen LogP contribution in [0, 0.1) is 11.3 Å². The number of hydrogen-bond donors (Lipinski definition) is 1. The first-order valence-electron chi connectivity index (χ1n) is 11.6. The number of alkyl carbamates (subject to hydrolysis) is 1. The number of halogens is 1. The van der Waals surface area contributed by atoms with E-state index in [-0.39, 0.29) is 23.7 Å². The number of nitrogens with one attached hydrogen (secondary N) is 1. The van der Waals surface area contributed by atoms with Crippen LogP contribution in [0.4, 0.5) is 4.79 Å². The molecule has 4 aliphatic heterocycles. The van der Waals surface area contributed by atoms with Gasteiger partial charge in [0, 0.05) is 28.1 Å². The minimum absolute atomic E-state index is 0.0327. The summed E-state index contributed by atoms with van der Waals surface area (Å²) in [5, 5.41) is 3.81. The summed E-state index contributed by atoms with van der Waals surface area (Å²) in [6.45, 7) is 7.72. The molecular weight excluding hydrogens is 440 g/mol. The first-order chi connectivity index (χ1) is 15.8. The Morgan fingerprint density at radius 1 is 1.21 bits per heavy atom. The van der Waals surface area contributed by atoms with Crippen molar-refractivity contribution >= 4 is 17.7 Å². The third-order valence-electron chi connectivity index (χ3n) is 7.28. The van der Waals surface area contributed by atoms with Crippen LogP contribution in [-0.4, -0.2) is 50.4 Å². The van der Waals surface area contributed by atoms with Gasteiger partial charge in [-0.05, 0) is 61.7 Å². The number of piperidine rings is 3. The predicted molar refractivity (Wildman–Crippen MR) is 128 cm³/mol. The van der Waals surface area contributed by atoms with Crippen LogP contribution in [0.5, 0.6) is 11.5 Å². The molecule has 6 rings (SSSR count). The number of fused-ring (bicyclic) bond motifs is 4. The molecule has 3 saturated heterocycles. The molecular formula is C26H31ClN2O4. The number of hydrogen-bond acceptors (Lipinski definition) is 5. The van der Waals surface area contributed by atoms with Gasteiger partial charge in [-0.3, -0.25) is 4.90 Å². The van der Waals surface area contributed by atoms with Crippen molar-refractivity contribution in [3.63, 3.8) is 0 Å². The van der Waals surface area contributed by atoms with E-state index in [9.17, 15) is 4.79 Å². The van der Waals surface area contributed by atoms with E-state index in [1.165, 1.54) is 0 Å². The van der Waals surface area contributed by atoms with Crippen LogP contribution in [0.25, 0.3) is 11.1 Å². The Labute approximate surface area is 200 Å². The van der Waals surface area contributed by atoms with Gasteiger partial charge in [-0.15, -0.1) is 0 Å². The van der Waals surface area contributed by atoms with Gasteiger partial charge in [-0.1, -0.05) is 37.6 Å². The third-order valence-corrected chi connectivity index (χ3v) is 7.51. The number of carbonyl (C=O) groups is 1. The van der Waals surface area contributed by atoms with E-state index >= 15 is 0 Å². The SMILES string of the molecule is COc1cc2c(cc1-c1cccc(Cl)c1)OCC(C)(C)C2NC(=O)O[C@H]1CN2CCC1CC2. The summed E-state index contributed by atoms with van der Waals surface area (Å²) in [6.07, 6.45) is 1.81. The molecule has 2 atom stereocenters. The van der Waals surface area contributed by atoms with E-state index in [1.54, 1.807) is 7.11 Å². The summed E-state index contributed by atoms with van der Waals surface area (Å²) in [5.41, 5.74) is 2.41. The van der Waals surface area contributed by atoms with Gasteiger partial charge in [0.1, 0.15) is 17.6 Å². The summed E-state index contributed by atoms with van der Waals surface area (Å²) < 4.78 is 17.8. The summed E-state index contributed by atoms with van der Waals surface area (Å²) in [7, 11) is 1.65. The van der Waals surface area contributed by atoms with Crippen molar-refractivity contribution in [2.24, 2.45) is 11.3 Å². The molecule has 0 saturated carbocycles. The summed E-state index contributed by atoms with van der Waals surface area (Å²) >= 11 is 6.22. The lowest BCUT2D eigenvalue weighted by Crippen LogP contribution is -2.53. The third kappa shape index (κ3) is 4.38. The molecule has 1 N–H and O–H groups in total. The maximum atomic E-state index is 13.0. The van der Waals surface area contributed by atoms with Gasteiger partial charge in [0.15, 0.2) is 0 Å². The van der Waals surface area contributed by atoms with Crippen LogP contribution >= 0.6 is 11.6 Å². The molecule has 4 aliphatic rings. The predicted octanol–water partition coefficient (Wildman–Crippen LogP) is 5.30. The van der Waals surface area contributed by atoms with E-state index in [2.05, 4.69) is 24.1 Å². The molecule has 2 aromatic carbocycles. The number of benzene rings is 2. The monoisotopic (exact) mass is 470 g/mol. The Hall–Kier alpha value is -2.44. The lowest BCUT2D eigenvalue weighted by Gasteiger charge is -2.44. The first kappa shape index (κ1) is 22.4. The summed E-state index contributed by atoms with van der Waals surface area (Å²) in [5.74, 6) is 1.91. The van der Waals surface area contributed by atoms with Crippen LogP contribution in [0.2, 0.25) is 5.02 Å². The van der Waals surface area contributed by atoms with Gasteiger partial charge in [0.05, 0.1) is 19.8 Å². The van der Waals surface area contributed by atoms with Gasteiger partial charge in [-0.2, -0.15) is 0 Å². The van der Waals surface area contributed by atoms with E-state index in [1.807, 2.05) is 36.4 Å². The Kier molecular flexibility index (Phi) is 5.91. The molecule has 3 fully saturated rings. The molecule has 0 aromatic heterocycles. The molecule has 0 radical (unpaired) electrons. The summed E-state index contributed by atoms with van der Waals surface area (Å²) in [6, 6.07) is 11.3. The molecule has 2 aromatic rings. The second-order valence-corrected chi connectivity index (χ2v) is 10.5. The van der Waals surface area contributed by atoms with Gasteiger partial charge in [-0.25, -0.2) is 4.79 Å². The molecule has 6 nitrogen and oxygen atoms in total. The Morgan fingerprint density at radius 3 is 2.67 bits per heavy atom. The topological polar surface area (TPSA) is 60.0 Å². The first-order valence-corrected chi connectivity index (χ1v) is 12.0. The number of rotatable bonds is 4. The summed E-state index contributed by atoms with van der Waals surface area (Å²) in [4.78, 5) is 15.4. The number of ether oxygens (including phenoxy) is 3. The highest BCUT2D eigenvalue weighted by molar-refractivity contribution is 6.30. The minimum Gasteiger partial charge on any atom is -0.496 e. The highest BCUT2D eigenvalue weighted by atomic mass is 35.5. The van der Waals surface area contributed by atoms with Crippen molar-refractivity contribution in [3.05, 3.63) is 47.0 Å². The van der Waals surface area contributed by atoms with Crippen molar-refractivity contribution in [1.82, 2.24) is 10.2 Å². The second kappa shape index (κ2) is 8.73. The molecule has 2 bridgehead atoms. The van der Waals surface area contributed by atoms with Crippen molar-refractivity contribution in [1.29, 1.82) is 0 Å². The molecule has 176 valence electrons. The highest BCUT2D eigenvalue weighted by Gasteiger charge is 2.41. The van der Waals surface area contributed by atoms with Crippen LogP contribution < -0.4 is 14.8 Å². The van der Waals surface area contributed by atoms with Crippen molar-refractivity contribution in [2.75, 3.05) is 33.4 Å². The zero-order valence-corrected chi connectivity index (χ0v) is 20.2. The zero-order chi connectivity index (χ0) is 23.2. The maximum absolute atomic E-state index is 13.0. The normalized spacial score (nSPS) is 27.3. The van der Waals surface area contributed by atoms with Crippen molar-refractivity contribution in [2.45, 2.75) is 38.8 Å². The Morgan fingerprint density at radius 2 is 2.00 bits per heavy atom. The van der Waals surface area contributed by atoms with Gasteiger partial charge < -0.3 is 19.5 Å². The number of nitrogens with zero attached hydrogens (tertiary/aromatic N) is 1. The van der Waals surface area contributed by atoms with Crippen molar-refractivity contribution < 1.29 is 19.0 Å². The number of carbonyl (C=O) groups excluding carboxylic acids is 1. The lowest BCUT2D eigenvalue weighted by atomic mass is 9.78. The Balaban J connectivity index is 1.42. The standard InChI is InChI=1S/C26H31ClN2O4/c1-26(2)15-32-22-12-19(17-5-4-6-18(27)11-17)21(31-3)13-20(22)24(26)28-25(30)33-23-14-29-9-7-16(23)8-10-29/h4-6,11-13,16,23-24H,7-10,14-15H2,1-3H3,(H,28,30)/t23-,24?/m0/s1. The molecule has 1 amide bonds. The van der Waals surface area contributed by atoms with E-state index in [0.717, 1.165) is 54.9 Å². The van der Waals surface area contributed by atoms with E-state index < -0.39 is 0 Å². The minimum atomic E-state index is -0.363. The highest BCUT2D eigenvalue weighted by Crippen LogP contribution is 2.47. The quantitative estimate of drug-likeness (QED) is 0.657. The van der Waals surface area contributed by atoms with Gasteiger partial charge in [0.25, 0.3) is 0 Å². The molecule has 0 aliphatic carbocycles. The van der Waals surface area contributed by atoms with Crippen LogP contribution in [0.1, 0.15) is 38.3 Å². The number of amides is 1. The molecule has 7 heteroatoms. The molecule has 33 heavy (non-hydrogen) atoms. The van der Waals surface area contributed by atoms with Crippen LogP contribution in [-0.2, 0) is 4.74 Å². The number of methoxy groups -OCH3 is 1. The molecule has 0 spiro atoms. The van der Waals surface area contributed by atoms with Gasteiger partial charge >= 0.3 is 6.09 Å². The average Bonchev–Trinajstić information content (AvgIpc) is 2.81. The largest absolute Gasteiger partial charge is 0.496 e. The van der Waals surface area contributed by atoms with Crippen LogP contribution in [0.3, 0.4) is 0 Å². The van der Waals surface area contributed by atoms with E-state index in [0.29, 0.717) is 23.3 Å². The zero-order valence-electron chi connectivity index (χ0n) is 19.4. The van der Waals surface area contributed by atoms with E-state index in [4.69, 9.17) is 25.8 Å². The fourth-order valence-corrected chi connectivity index (χ4v) is 5.54. The van der Waals surface area contributed by atoms with Crippen molar-refractivity contribution in [3.8, 4) is 22.6 Å². The molecule has 1 unspecified atom stereocenters. The Bertz CT molecular complexity index is 1050. The molecule has 4 heterocycles. The fourth-order valence-electron chi connectivity index (χ4n) is 5.35. The van der Waals surface area contributed by atoms with Crippen LogP contribution in [0.15, 0.2) is 36.4 Å². The lowest BCUT2D eigenvalue weighted by molar-refractivity contribution is -0.0361. The maximum Gasteiger partial charge on any atom is 0.407 e. The average molecular weight is 471 g/mol. The smallest absolute Gasteiger partial charge is 0.407 e. The second-order valence-electron chi connectivity index (χ2n) is 10.0. The van der Waals surface area contributed by atoms with Gasteiger partial charge in [0.2, 0.25) is 0 Å².